The molecular weight excluding hydrogens is 418 g/mol. The maximum absolute atomic E-state index is 12.4. The van der Waals surface area contributed by atoms with Crippen LogP contribution in [0.1, 0.15) is 12.5 Å². The van der Waals surface area contributed by atoms with Crippen LogP contribution in [0.2, 0.25) is 0 Å². The standard InChI is InChI=1S/C25H23N5O3/c1-3-18-6-4-7-19(12-18)29-25-21-13-20(9-10-22(21)26-16-27-25)28-23(31)8-5-11-30-14-17(2)33-24(32)15-30/h1,4-10,12-13,16-17H,11,14-15H2,2H3,(H,28,31)(H,26,27,29)/b8-5+/t17-/m1/s1. The van der Waals surface area contributed by atoms with Crippen LogP contribution in [0.15, 0.2) is 60.9 Å². The second-order valence-electron chi connectivity index (χ2n) is 7.69. The van der Waals surface area contributed by atoms with Gasteiger partial charge in [-0.05, 0) is 43.3 Å². The van der Waals surface area contributed by atoms with E-state index in [0.717, 1.165) is 22.2 Å². The topological polar surface area (TPSA) is 96.5 Å². The van der Waals surface area contributed by atoms with Crippen molar-refractivity contribution in [1.29, 1.82) is 0 Å². The van der Waals surface area contributed by atoms with Gasteiger partial charge in [-0.3, -0.25) is 14.5 Å². The smallest absolute Gasteiger partial charge is 0.320 e. The fourth-order valence-corrected chi connectivity index (χ4v) is 3.60. The molecule has 0 unspecified atom stereocenters. The molecule has 1 aliphatic rings. The molecule has 4 rings (SSSR count). The summed E-state index contributed by atoms with van der Waals surface area (Å²) >= 11 is 0. The van der Waals surface area contributed by atoms with Crippen LogP contribution < -0.4 is 10.6 Å². The van der Waals surface area contributed by atoms with Crippen molar-refractivity contribution in [1.82, 2.24) is 14.9 Å². The van der Waals surface area contributed by atoms with Gasteiger partial charge in [-0.25, -0.2) is 9.97 Å². The normalized spacial score (nSPS) is 16.4. The highest BCUT2D eigenvalue weighted by Gasteiger charge is 2.22. The molecule has 8 nitrogen and oxygen atoms in total. The van der Waals surface area contributed by atoms with E-state index in [1.165, 1.54) is 12.4 Å². The number of carbonyl (C=O) groups is 2. The van der Waals surface area contributed by atoms with Gasteiger partial charge >= 0.3 is 5.97 Å². The third-order valence-corrected chi connectivity index (χ3v) is 5.03. The minimum atomic E-state index is -0.268. The zero-order valence-corrected chi connectivity index (χ0v) is 18.1. The lowest BCUT2D eigenvalue weighted by atomic mass is 10.2. The van der Waals surface area contributed by atoms with E-state index in [1.807, 2.05) is 48.2 Å². The number of esters is 1. The number of nitrogens with zero attached hydrogens (tertiary/aromatic N) is 3. The van der Waals surface area contributed by atoms with Crippen molar-refractivity contribution < 1.29 is 14.3 Å². The Hall–Kier alpha value is -4.22. The van der Waals surface area contributed by atoms with Gasteiger partial charge in [-0.1, -0.05) is 18.1 Å². The molecule has 1 aromatic heterocycles. The van der Waals surface area contributed by atoms with Crippen LogP contribution in [0.5, 0.6) is 0 Å². The highest BCUT2D eigenvalue weighted by molar-refractivity contribution is 6.01. The summed E-state index contributed by atoms with van der Waals surface area (Å²) in [7, 11) is 0. The van der Waals surface area contributed by atoms with Crippen molar-refractivity contribution in [3.63, 3.8) is 0 Å². The average molecular weight is 441 g/mol. The van der Waals surface area contributed by atoms with Crippen LogP contribution in [0.3, 0.4) is 0 Å². The second kappa shape index (κ2) is 9.94. The Bertz CT molecular complexity index is 1260. The Morgan fingerprint density at radius 1 is 1.27 bits per heavy atom. The van der Waals surface area contributed by atoms with E-state index in [4.69, 9.17) is 11.2 Å². The Morgan fingerprint density at radius 2 is 2.15 bits per heavy atom. The van der Waals surface area contributed by atoms with Gasteiger partial charge in [0.05, 0.1) is 12.1 Å². The van der Waals surface area contributed by atoms with Crippen molar-refractivity contribution in [2.24, 2.45) is 0 Å². The molecule has 1 saturated heterocycles. The maximum atomic E-state index is 12.4. The molecule has 0 radical (unpaired) electrons. The molecule has 2 N–H and O–H groups in total. The zero-order chi connectivity index (χ0) is 23.2. The van der Waals surface area contributed by atoms with Crippen molar-refractivity contribution in [2.75, 3.05) is 30.3 Å². The number of hydrogen-bond acceptors (Lipinski definition) is 7. The van der Waals surface area contributed by atoms with Gasteiger partial charge in [0, 0.05) is 41.5 Å². The number of aromatic nitrogens is 2. The largest absolute Gasteiger partial charge is 0.460 e. The number of rotatable bonds is 6. The molecule has 1 amide bonds. The molecule has 166 valence electrons. The van der Waals surface area contributed by atoms with Crippen molar-refractivity contribution in [3.05, 3.63) is 66.5 Å². The van der Waals surface area contributed by atoms with Crippen LogP contribution in [0.25, 0.3) is 10.9 Å². The number of benzene rings is 2. The molecule has 1 atom stereocenters. The van der Waals surface area contributed by atoms with Crippen molar-refractivity contribution in [3.8, 4) is 12.3 Å². The average Bonchev–Trinajstić information content (AvgIpc) is 2.79. The first-order chi connectivity index (χ1) is 16.0. The fourth-order valence-electron chi connectivity index (χ4n) is 3.60. The summed E-state index contributed by atoms with van der Waals surface area (Å²) < 4.78 is 5.11. The number of nitrogens with one attached hydrogen (secondary N) is 2. The monoisotopic (exact) mass is 441 g/mol. The fraction of sp³-hybridized carbons (Fsp3) is 0.200. The summed E-state index contributed by atoms with van der Waals surface area (Å²) in [4.78, 5) is 34.5. The van der Waals surface area contributed by atoms with Gasteiger partial charge in [0.1, 0.15) is 18.2 Å². The highest BCUT2D eigenvalue weighted by Crippen LogP contribution is 2.26. The minimum absolute atomic E-state index is 0.148. The molecule has 33 heavy (non-hydrogen) atoms. The van der Waals surface area contributed by atoms with E-state index < -0.39 is 0 Å². The Kier molecular flexibility index (Phi) is 6.62. The highest BCUT2D eigenvalue weighted by atomic mass is 16.5. The van der Waals surface area contributed by atoms with Crippen molar-refractivity contribution in [2.45, 2.75) is 13.0 Å². The molecule has 2 aromatic carbocycles. The Balaban J connectivity index is 1.45. The summed E-state index contributed by atoms with van der Waals surface area (Å²) in [5, 5.41) is 6.87. The predicted octanol–water partition coefficient (Wildman–Crippen LogP) is 3.10. The first-order valence-corrected chi connectivity index (χ1v) is 10.5. The van der Waals surface area contributed by atoms with Crippen LogP contribution in [-0.4, -0.2) is 52.5 Å². The molecule has 8 heteroatoms. The third-order valence-electron chi connectivity index (χ3n) is 5.03. The summed E-state index contributed by atoms with van der Waals surface area (Å²) in [6.45, 7) is 3.20. The second-order valence-corrected chi connectivity index (χ2v) is 7.69. The van der Waals surface area contributed by atoms with Crippen molar-refractivity contribution >= 4 is 40.0 Å². The molecule has 3 aromatic rings. The van der Waals surface area contributed by atoms with Gasteiger partial charge in [-0.2, -0.15) is 0 Å². The van der Waals surface area contributed by atoms with Crippen LogP contribution >= 0.6 is 0 Å². The molecule has 1 fully saturated rings. The van der Waals surface area contributed by atoms with Gasteiger partial charge in [0.2, 0.25) is 5.91 Å². The lowest BCUT2D eigenvalue weighted by molar-refractivity contribution is -0.156. The Labute approximate surface area is 191 Å². The molecule has 0 bridgehead atoms. The van der Waals surface area contributed by atoms with Gasteiger partial charge < -0.3 is 15.4 Å². The third kappa shape index (κ3) is 5.73. The van der Waals surface area contributed by atoms with E-state index in [-0.39, 0.29) is 24.5 Å². The lowest BCUT2D eigenvalue weighted by Crippen LogP contribution is -2.44. The number of morpholine rings is 1. The van der Waals surface area contributed by atoms with Gasteiger partial charge in [0.15, 0.2) is 0 Å². The molecule has 2 heterocycles. The van der Waals surface area contributed by atoms with E-state index in [0.29, 0.717) is 24.6 Å². The molecule has 0 aliphatic carbocycles. The van der Waals surface area contributed by atoms with E-state index in [1.54, 1.807) is 12.1 Å². The number of terminal acetylenes is 1. The molecular formula is C25H23N5O3. The van der Waals surface area contributed by atoms with E-state index >= 15 is 0 Å². The lowest BCUT2D eigenvalue weighted by Gasteiger charge is -2.29. The quantitative estimate of drug-likeness (QED) is 0.345. The van der Waals surface area contributed by atoms with Gasteiger partial charge in [-0.15, -0.1) is 6.42 Å². The number of ether oxygens (including phenoxy) is 1. The summed E-state index contributed by atoms with van der Waals surface area (Å²) in [5.41, 5.74) is 2.91. The minimum Gasteiger partial charge on any atom is -0.460 e. The first kappa shape index (κ1) is 22.0. The summed E-state index contributed by atoms with van der Waals surface area (Å²) in [5.74, 6) is 2.70. The SMILES string of the molecule is C#Cc1cccc(Nc2ncnc3ccc(NC(=O)/C=C/CN4CC(=O)O[C@H](C)C4)cc23)c1. The number of carbonyl (C=O) groups excluding carboxylic acids is 2. The number of anilines is 3. The zero-order valence-electron chi connectivity index (χ0n) is 18.1. The maximum Gasteiger partial charge on any atom is 0.320 e. The number of amides is 1. The van der Waals surface area contributed by atoms with E-state index in [2.05, 4.69) is 26.5 Å². The molecule has 0 spiro atoms. The number of fused-ring (bicyclic) bond motifs is 1. The van der Waals surface area contributed by atoms with E-state index in [9.17, 15) is 9.59 Å². The van der Waals surface area contributed by atoms with Gasteiger partial charge in [0.25, 0.3) is 0 Å². The molecule has 0 saturated carbocycles. The van der Waals surface area contributed by atoms with Crippen LogP contribution in [0, 0.1) is 12.3 Å². The Morgan fingerprint density at radius 3 is 2.97 bits per heavy atom. The molecule has 1 aliphatic heterocycles. The van der Waals surface area contributed by atoms with Crippen LogP contribution in [-0.2, 0) is 14.3 Å². The number of cyclic esters (lactones) is 1. The summed E-state index contributed by atoms with van der Waals surface area (Å²) in [6, 6.07) is 12.9. The predicted molar refractivity (Wildman–Crippen MR) is 127 cm³/mol. The first-order valence-electron chi connectivity index (χ1n) is 10.5. The number of hydrogen-bond donors (Lipinski definition) is 2. The van der Waals surface area contributed by atoms with Crippen LogP contribution in [0.4, 0.5) is 17.2 Å². The summed E-state index contributed by atoms with van der Waals surface area (Å²) in [6.07, 6.45) is 10.0.